The van der Waals surface area contributed by atoms with Crippen LogP contribution in [0.5, 0.6) is 0 Å². The van der Waals surface area contributed by atoms with Crippen molar-refractivity contribution in [3.63, 3.8) is 0 Å². The summed E-state index contributed by atoms with van der Waals surface area (Å²) < 4.78 is 0. The van der Waals surface area contributed by atoms with Crippen LogP contribution in [-0.4, -0.2) is 17.5 Å². The smallest absolute Gasteiger partial charge is 0.0431 e. The van der Waals surface area contributed by atoms with Gasteiger partial charge in [0.25, 0.3) is 0 Å². The molecule has 0 atom stereocenters. The quantitative estimate of drug-likeness (QED) is 0.574. The summed E-state index contributed by atoms with van der Waals surface area (Å²) in [7, 11) is 0. The normalized spacial score (nSPS) is 10.4. The fourth-order valence-electron chi connectivity index (χ4n) is 1.29. The van der Waals surface area contributed by atoms with Gasteiger partial charge in [-0.05, 0) is 37.7 Å². The van der Waals surface area contributed by atoms with Crippen LogP contribution < -0.4 is 0 Å². The fourth-order valence-corrected chi connectivity index (χ4v) is 2.31. The Hall–Kier alpha value is -0.470. The van der Waals surface area contributed by atoms with E-state index in [-0.39, 0.29) is 0 Å². The van der Waals surface area contributed by atoms with Crippen LogP contribution in [0.3, 0.4) is 0 Å². The van der Waals surface area contributed by atoms with E-state index in [4.69, 9.17) is 5.11 Å². The van der Waals surface area contributed by atoms with Gasteiger partial charge in [0, 0.05) is 11.5 Å². The molecule has 0 aliphatic carbocycles. The van der Waals surface area contributed by atoms with Crippen molar-refractivity contribution < 1.29 is 5.11 Å². The van der Waals surface area contributed by atoms with E-state index in [1.54, 1.807) is 0 Å². The van der Waals surface area contributed by atoms with E-state index in [1.807, 2.05) is 11.8 Å². The highest BCUT2D eigenvalue weighted by atomic mass is 32.2. The standard InChI is InChI=1S/C12H18OS/c1-11-6-5-7-12(10-11)14-9-4-2-3-8-13/h5-7,10,13H,2-4,8-9H2,1H3. The zero-order valence-electron chi connectivity index (χ0n) is 8.70. The number of unbranched alkanes of at least 4 members (excludes halogenated alkanes) is 2. The van der Waals surface area contributed by atoms with E-state index in [0.717, 1.165) is 18.6 Å². The molecule has 0 aliphatic rings. The Labute approximate surface area is 90.5 Å². The third kappa shape index (κ3) is 4.68. The van der Waals surface area contributed by atoms with Gasteiger partial charge in [0.15, 0.2) is 0 Å². The summed E-state index contributed by atoms with van der Waals surface area (Å²) in [5.41, 5.74) is 1.32. The van der Waals surface area contributed by atoms with Crippen LogP contribution in [-0.2, 0) is 0 Å². The Morgan fingerprint density at radius 3 is 2.79 bits per heavy atom. The van der Waals surface area contributed by atoms with Gasteiger partial charge in [0.2, 0.25) is 0 Å². The molecule has 0 spiro atoms. The molecule has 0 heterocycles. The van der Waals surface area contributed by atoms with Crippen molar-refractivity contribution in [1.29, 1.82) is 0 Å². The number of thioether (sulfide) groups is 1. The topological polar surface area (TPSA) is 20.2 Å². The first-order chi connectivity index (χ1) is 6.83. The Bertz CT molecular complexity index is 260. The van der Waals surface area contributed by atoms with Crippen molar-refractivity contribution in [2.45, 2.75) is 31.1 Å². The number of benzene rings is 1. The molecule has 1 aromatic rings. The molecule has 1 aromatic carbocycles. The van der Waals surface area contributed by atoms with Gasteiger partial charge in [0.05, 0.1) is 0 Å². The van der Waals surface area contributed by atoms with Gasteiger partial charge in [-0.3, -0.25) is 0 Å². The average Bonchev–Trinajstić information content (AvgIpc) is 2.18. The highest BCUT2D eigenvalue weighted by molar-refractivity contribution is 7.99. The minimum Gasteiger partial charge on any atom is -0.396 e. The number of hydrogen-bond acceptors (Lipinski definition) is 2. The van der Waals surface area contributed by atoms with Crippen molar-refractivity contribution in [2.75, 3.05) is 12.4 Å². The number of rotatable bonds is 6. The highest BCUT2D eigenvalue weighted by Crippen LogP contribution is 2.20. The molecule has 0 amide bonds. The van der Waals surface area contributed by atoms with E-state index in [9.17, 15) is 0 Å². The van der Waals surface area contributed by atoms with Crippen molar-refractivity contribution in [3.05, 3.63) is 29.8 Å². The second-order valence-corrected chi connectivity index (χ2v) is 4.62. The van der Waals surface area contributed by atoms with E-state index in [0.29, 0.717) is 6.61 Å². The molecule has 0 saturated carbocycles. The van der Waals surface area contributed by atoms with Crippen LogP contribution in [0.2, 0.25) is 0 Å². The summed E-state index contributed by atoms with van der Waals surface area (Å²) in [6.07, 6.45) is 3.27. The molecule has 0 fully saturated rings. The molecule has 0 bridgehead atoms. The second-order valence-electron chi connectivity index (χ2n) is 3.45. The van der Waals surface area contributed by atoms with E-state index < -0.39 is 0 Å². The molecule has 0 saturated heterocycles. The van der Waals surface area contributed by atoms with Gasteiger partial charge in [-0.15, -0.1) is 11.8 Å². The maximum absolute atomic E-state index is 8.61. The predicted octanol–water partition coefficient (Wildman–Crippen LogP) is 3.25. The highest BCUT2D eigenvalue weighted by Gasteiger charge is 1.94. The summed E-state index contributed by atoms with van der Waals surface area (Å²) in [6, 6.07) is 8.60. The number of aliphatic hydroxyl groups excluding tert-OH is 1. The molecule has 0 aliphatic heterocycles. The van der Waals surface area contributed by atoms with Crippen molar-refractivity contribution in [1.82, 2.24) is 0 Å². The summed E-state index contributed by atoms with van der Waals surface area (Å²) in [6.45, 7) is 2.45. The lowest BCUT2D eigenvalue weighted by atomic mass is 10.2. The number of aryl methyl sites for hydroxylation is 1. The first kappa shape index (κ1) is 11.6. The third-order valence-electron chi connectivity index (χ3n) is 2.06. The Morgan fingerprint density at radius 1 is 1.21 bits per heavy atom. The maximum Gasteiger partial charge on any atom is 0.0431 e. The minimum atomic E-state index is 0.328. The van der Waals surface area contributed by atoms with Gasteiger partial charge in [-0.1, -0.05) is 24.1 Å². The van der Waals surface area contributed by atoms with Crippen molar-refractivity contribution >= 4 is 11.8 Å². The van der Waals surface area contributed by atoms with Crippen LogP contribution in [0, 0.1) is 6.92 Å². The van der Waals surface area contributed by atoms with Gasteiger partial charge in [0.1, 0.15) is 0 Å². The van der Waals surface area contributed by atoms with Crippen LogP contribution in [0.1, 0.15) is 24.8 Å². The van der Waals surface area contributed by atoms with E-state index in [2.05, 4.69) is 31.2 Å². The molecule has 14 heavy (non-hydrogen) atoms. The van der Waals surface area contributed by atoms with Gasteiger partial charge in [-0.2, -0.15) is 0 Å². The molecule has 0 radical (unpaired) electrons. The summed E-state index contributed by atoms with van der Waals surface area (Å²) in [5, 5.41) is 8.61. The Kier molecular flexibility index (Phi) is 5.72. The summed E-state index contributed by atoms with van der Waals surface area (Å²) in [4.78, 5) is 1.36. The largest absolute Gasteiger partial charge is 0.396 e. The second kappa shape index (κ2) is 6.91. The Morgan fingerprint density at radius 2 is 2.07 bits per heavy atom. The van der Waals surface area contributed by atoms with Crippen LogP contribution in [0.4, 0.5) is 0 Å². The molecule has 1 nitrogen and oxygen atoms in total. The van der Waals surface area contributed by atoms with Gasteiger partial charge >= 0.3 is 0 Å². The lowest BCUT2D eigenvalue weighted by Gasteiger charge is -2.02. The van der Waals surface area contributed by atoms with Crippen LogP contribution in [0.15, 0.2) is 29.2 Å². The molecule has 0 unspecified atom stereocenters. The van der Waals surface area contributed by atoms with E-state index in [1.165, 1.54) is 16.9 Å². The number of hydrogen-bond donors (Lipinski definition) is 1. The van der Waals surface area contributed by atoms with Crippen LogP contribution in [0.25, 0.3) is 0 Å². The van der Waals surface area contributed by atoms with Crippen molar-refractivity contribution in [3.8, 4) is 0 Å². The van der Waals surface area contributed by atoms with Gasteiger partial charge < -0.3 is 5.11 Å². The van der Waals surface area contributed by atoms with E-state index >= 15 is 0 Å². The van der Waals surface area contributed by atoms with Crippen molar-refractivity contribution in [2.24, 2.45) is 0 Å². The minimum absolute atomic E-state index is 0.328. The predicted molar refractivity (Wildman–Crippen MR) is 62.8 cm³/mol. The molecular formula is C12H18OS. The average molecular weight is 210 g/mol. The molecule has 78 valence electrons. The summed E-state index contributed by atoms with van der Waals surface area (Å²) >= 11 is 1.90. The summed E-state index contributed by atoms with van der Waals surface area (Å²) in [5.74, 6) is 1.16. The first-order valence-corrected chi connectivity index (χ1v) is 6.12. The lowest BCUT2D eigenvalue weighted by Crippen LogP contribution is -1.85. The molecule has 0 aromatic heterocycles. The molecular weight excluding hydrogens is 192 g/mol. The molecule has 1 N–H and O–H groups in total. The zero-order chi connectivity index (χ0) is 10.2. The third-order valence-corrected chi connectivity index (χ3v) is 3.14. The van der Waals surface area contributed by atoms with Gasteiger partial charge in [-0.25, -0.2) is 0 Å². The first-order valence-electron chi connectivity index (χ1n) is 5.13. The lowest BCUT2D eigenvalue weighted by molar-refractivity contribution is 0.284. The Balaban J connectivity index is 2.18. The molecule has 1 rings (SSSR count). The fraction of sp³-hybridized carbons (Fsp3) is 0.500. The maximum atomic E-state index is 8.61. The SMILES string of the molecule is Cc1cccc(SCCCCCO)c1. The monoisotopic (exact) mass is 210 g/mol. The molecule has 2 heteroatoms. The van der Waals surface area contributed by atoms with Crippen LogP contribution >= 0.6 is 11.8 Å². The zero-order valence-corrected chi connectivity index (χ0v) is 9.52. The number of aliphatic hydroxyl groups is 1.